The molecule has 1 fully saturated rings. The van der Waals surface area contributed by atoms with Crippen molar-refractivity contribution in [3.8, 4) is 0 Å². The Hall–Kier alpha value is -1.06. The van der Waals surface area contributed by atoms with Crippen molar-refractivity contribution in [2.75, 3.05) is 7.11 Å². The molecule has 3 unspecified atom stereocenters. The fraction of sp³-hybridized carbons (Fsp3) is 0.833. The number of ether oxygens (including phenoxy) is 2. The maximum atomic E-state index is 11.7. The molecular weight excluding hydrogens is 208 g/mol. The van der Waals surface area contributed by atoms with Crippen molar-refractivity contribution in [1.82, 2.24) is 0 Å². The minimum absolute atomic E-state index is 0.141. The maximum Gasteiger partial charge on any atom is 0.321 e. The van der Waals surface area contributed by atoms with Gasteiger partial charge in [-0.15, -0.1) is 0 Å². The van der Waals surface area contributed by atoms with E-state index in [1.54, 1.807) is 0 Å². The minimum atomic E-state index is -0.771. The summed E-state index contributed by atoms with van der Waals surface area (Å²) >= 11 is 0. The Morgan fingerprint density at radius 1 is 1.56 bits per heavy atom. The zero-order valence-electron chi connectivity index (χ0n) is 10.6. The summed E-state index contributed by atoms with van der Waals surface area (Å²) in [6.45, 7) is 7.87. The van der Waals surface area contributed by atoms with Gasteiger partial charge in [0.15, 0.2) is 5.92 Å². The second-order valence-corrected chi connectivity index (χ2v) is 4.67. The molecule has 0 aromatic rings. The van der Waals surface area contributed by atoms with Crippen LogP contribution in [0.1, 0.15) is 34.1 Å². The van der Waals surface area contributed by atoms with Crippen molar-refractivity contribution >= 4 is 11.9 Å². The van der Waals surface area contributed by atoms with Crippen LogP contribution in [0.2, 0.25) is 0 Å². The number of hydrogen-bond acceptors (Lipinski definition) is 4. The van der Waals surface area contributed by atoms with E-state index < -0.39 is 23.5 Å². The van der Waals surface area contributed by atoms with Gasteiger partial charge in [0.05, 0.1) is 7.11 Å². The first kappa shape index (κ1) is 13.0. The third-order valence-corrected chi connectivity index (χ3v) is 3.80. The van der Waals surface area contributed by atoms with Crippen LogP contribution in [-0.2, 0) is 19.1 Å². The predicted octanol–water partition coefficient (Wildman–Crippen LogP) is 1.77. The fourth-order valence-electron chi connectivity index (χ4n) is 2.70. The van der Waals surface area contributed by atoms with E-state index in [1.165, 1.54) is 7.11 Å². The van der Waals surface area contributed by atoms with Gasteiger partial charge in [-0.2, -0.15) is 0 Å². The normalized spacial score (nSPS) is 34.0. The summed E-state index contributed by atoms with van der Waals surface area (Å²) in [6, 6.07) is 0. The number of hydrogen-bond donors (Lipinski definition) is 0. The monoisotopic (exact) mass is 228 g/mol. The lowest BCUT2D eigenvalue weighted by Crippen LogP contribution is -2.41. The quantitative estimate of drug-likeness (QED) is 0.545. The lowest BCUT2D eigenvalue weighted by atomic mass is 9.74. The number of esters is 2. The van der Waals surface area contributed by atoms with E-state index in [2.05, 4.69) is 4.74 Å². The van der Waals surface area contributed by atoms with Gasteiger partial charge in [-0.3, -0.25) is 9.59 Å². The Morgan fingerprint density at radius 3 is 2.44 bits per heavy atom. The van der Waals surface area contributed by atoms with Gasteiger partial charge in [-0.05, 0) is 12.3 Å². The van der Waals surface area contributed by atoms with E-state index in [-0.39, 0.29) is 11.8 Å². The number of carbonyl (C=O) groups excluding carboxylic acids is 2. The largest absolute Gasteiger partial charge is 0.468 e. The molecule has 16 heavy (non-hydrogen) atoms. The zero-order chi connectivity index (χ0) is 12.5. The molecule has 92 valence electrons. The molecule has 0 N–H and O–H groups in total. The number of rotatable bonds is 3. The highest BCUT2D eigenvalue weighted by Gasteiger charge is 2.57. The van der Waals surface area contributed by atoms with Crippen molar-refractivity contribution in [3.63, 3.8) is 0 Å². The Morgan fingerprint density at radius 2 is 2.12 bits per heavy atom. The lowest BCUT2D eigenvalue weighted by Gasteiger charge is -2.35. The summed E-state index contributed by atoms with van der Waals surface area (Å²) in [5.41, 5.74) is -0.532. The van der Waals surface area contributed by atoms with Gasteiger partial charge >= 0.3 is 11.9 Å². The van der Waals surface area contributed by atoms with Crippen LogP contribution in [0.4, 0.5) is 0 Å². The molecular formula is C12H20O4. The molecule has 0 saturated carbocycles. The Kier molecular flexibility index (Phi) is 3.61. The van der Waals surface area contributed by atoms with Crippen molar-refractivity contribution in [2.24, 2.45) is 17.8 Å². The molecule has 3 atom stereocenters. The van der Waals surface area contributed by atoms with Crippen LogP contribution in [0.3, 0.4) is 0 Å². The molecule has 1 saturated heterocycles. The predicted molar refractivity (Wildman–Crippen MR) is 58.6 cm³/mol. The van der Waals surface area contributed by atoms with Crippen LogP contribution in [0.25, 0.3) is 0 Å². The van der Waals surface area contributed by atoms with Gasteiger partial charge in [0, 0.05) is 5.92 Å². The molecule has 0 aromatic heterocycles. The molecule has 4 nitrogen and oxygen atoms in total. The number of carbonyl (C=O) groups is 2. The molecule has 0 radical (unpaired) electrons. The number of methoxy groups -OCH3 is 1. The molecule has 0 amide bonds. The highest BCUT2D eigenvalue weighted by atomic mass is 16.6. The molecule has 1 aliphatic rings. The first-order chi connectivity index (χ1) is 7.40. The van der Waals surface area contributed by atoms with E-state index in [9.17, 15) is 9.59 Å². The van der Waals surface area contributed by atoms with Gasteiger partial charge < -0.3 is 9.47 Å². The average Bonchev–Trinajstić information content (AvgIpc) is 2.50. The minimum Gasteiger partial charge on any atom is -0.468 e. The van der Waals surface area contributed by atoms with Gasteiger partial charge in [0.25, 0.3) is 0 Å². The highest BCUT2D eigenvalue weighted by Crippen LogP contribution is 2.44. The van der Waals surface area contributed by atoms with E-state index in [0.29, 0.717) is 6.42 Å². The molecule has 1 rings (SSSR count). The summed E-state index contributed by atoms with van der Waals surface area (Å²) in [4.78, 5) is 23.3. The second-order valence-electron chi connectivity index (χ2n) is 4.67. The summed E-state index contributed by atoms with van der Waals surface area (Å²) < 4.78 is 10.1. The third kappa shape index (κ3) is 1.70. The average molecular weight is 228 g/mol. The smallest absolute Gasteiger partial charge is 0.321 e. The SMILES string of the molecule is CCC1(C(C)C)OC(=O)C(C(=O)OC)C1C. The molecule has 0 aliphatic carbocycles. The second kappa shape index (κ2) is 4.44. The van der Waals surface area contributed by atoms with Gasteiger partial charge in [0.2, 0.25) is 0 Å². The lowest BCUT2D eigenvalue weighted by molar-refractivity contribution is -0.159. The van der Waals surface area contributed by atoms with Crippen LogP contribution in [0.15, 0.2) is 0 Å². The summed E-state index contributed by atoms with van der Waals surface area (Å²) in [7, 11) is 1.30. The van der Waals surface area contributed by atoms with Crippen molar-refractivity contribution in [1.29, 1.82) is 0 Å². The molecule has 0 aromatic carbocycles. The van der Waals surface area contributed by atoms with Crippen molar-refractivity contribution in [2.45, 2.75) is 39.7 Å². The summed E-state index contributed by atoms with van der Waals surface area (Å²) in [5.74, 6) is -1.67. The Bertz CT molecular complexity index is 297. The topological polar surface area (TPSA) is 52.6 Å². The van der Waals surface area contributed by atoms with Crippen LogP contribution in [0, 0.1) is 17.8 Å². The fourth-order valence-corrected chi connectivity index (χ4v) is 2.70. The Balaban J connectivity index is 3.05. The number of cyclic esters (lactones) is 1. The maximum absolute atomic E-state index is 11.7. The van der Waals surface area contributed by atoms with E-state index in [0.717, 1.165) is 0 Å². The van der Waals surface area contributed by atoms with Crippen molar-refractivity contribution in [3.05, 3.63) is 0 Å². The van der Waals surface area contributed by atoms with Crippen LogP contribution < -0.4 is 0 Å². The van der Waals surface area contributed by atoms with Crippen molar-refractivity contribution < 1.29 is 19.1 Å². The molecule has 0 bridgehead atoms. The van der Waals surface area contributed by atoms with Gasteiger partial charge in [-0.25, -0.2) is 0 Å². The Labute approximate surface area is 96.3 Å². The van der Waals surface area contributed by atoms with E-state index >= 15 is 0 Å². The third-order valence-electron chi connectivity index (χ3n) is 3.80. The highest BCUT2D eigenvalue weighted by molar-refractivity contribution is 5.97. The van der Waals surface area contributed by atoms with Gasteiger partial charge in [-0.1, -0.05) is 27.7 Å². The first-order valence-corrected chi connectivity index (χ1v) is 5.71. The summed E-state index contributed by atoms with van der Waals surface area (Å²) in [5, 5.41) is 0. The molecule has 1 heterocycles. The summed E-state index contributed by atoms with van der Waals surface area (Å²) in [6.07, 6.45) is 0.713. The first-order valence-electron chi connectivity index (χ1n) is 5.71. The van der Waals surface area contributed by atoms with Gasteiger partial charge in [0.1, 0.15) is 5.60 Å². The zero-order valence-corrected chi connectivity index (χ0v) is 10.6. The van der Waals surface area contributed by atoms with Crippen LogP contribution in [0.5, 0.6) is 0 Å². The molecule has 1 aliphatic heterocycles. The molecule has 4 heteroatoms. The standard InChI is InChI=1S/C12H20O4/c1-6-12(7(2)3)8(4)9(10(13)15-5)11(14)16-12/h7-9H,6H2,1-5H3. The van der Waals surface area contributed by atoms with E-state index in [4.69, 9.17) is 4.74 Å². The van der Waals surface area contributed by atoms with Crippen LogP contribution >= 0.6 is 0 Å². The molecule has 0 spiro atoms. The van der Waals surface area contributed by atoms with Crippen LogP contribution in [-0.4, -0.2) is 24.6 Å². The van der Waals surface area contributed by atoms with E-state index in [1.807, 2.05) is 27.7 Å².